The van der Waals surface area contributed by atoms with Crippen LogP contribution in [0.1, 0.15) is 24.0 Å². The van der Waals surface area contributed by atoms with Gasteiger partial charge in [0.1, 0.15) is 23.4 Å². The lowest BCUT2D eigenvalue weighted by Gasteiger charge is -2.36. The average Bonchev–Trinajstić information content (AvgIpc) is 2.65. The summed E-state index contributed by atoms with van der Waals surface area (Å²) in [5.74, 6) is -1.12. The average molecular weight is 406 g/mol. The van der Waals surface area contributed by atoms with Gasteiger partial charge in [0.25, 0.3) is 0 Å². The largest absolute Gasteiger partial charge is 0.507 e. The number of aromatic hydroxyl groups is 1. The van der Waals surface area contributed by atoms with Crippen molar-refractivity contribution in [1.82, 2.24) is 10.3 Å². The van der Waals surface area contributed by atoms with Gasteiger partial charge in [-0.2, -0.15) is 13.2 Å². The zero-order chi connectivity index (χ0) is 20.6. The highest BCUT2D eigenvalue weighted by atomic mass is 19.4. The molecule has 1 aromatic heterocycles. The van der Waals surface area contributed by atoms with Gasteiger partial charge in [-0.3, -0.25) is 4.98 Å². The molecular weight excluding hydrogens is 388 g/mol. The van der Waals surface area contributed by atoms with Crippen molar-refractivity contribution in [2.24, 2.45) is 0 Å². The Morgan fingerprint density at radius 3 is 2.66 bits per heavy atom. The predicted molar refractivity (Wildman–Crippen MR) is 99.1 cm³/mol. The first kappa shape index (κ1) is 19.4. The Labute approximate surface area is 164 Å². The number of halogens is 4. The van der Waals surface area contributed by atoms with Crippen LogP contribution in [0.15, 0.2) is 48.8 Å². The fraction of sp³-hybridized carbons (Fsp3) is 0.286. The van der Waals surface area contributed by atoms with Gasteiger partial charge in [-0.05, 0) is 54.1 Å². The first-order valence-electron chi connectivity index (χ1n) is 9.12. The van der Waals surface area contributed by atoms with E-state index in [1.165, 1.54) is 6.07 Å². The normalized spacial score (nSPS) is 19.2. The molecule has 2 N–H and O–H groups in total. The van der Waals surface area contributed by atoms with Crippen LogP contribution in [0.25, 0.3) is 10.8 Å². The first-order valence-corrected chi connectivity index (χ1v) is 9.12. The smallest absolute Gasteiger partial charge is 0.419 e. The second-order valence-electron chi connectivity index (χ2n) is 7.09. The van der Waals surface area contributed by atoms with Crippen LogP contribution in [0, 0.1) is 5.82 Å². The van der Waals surface area contributed by atoms with E-state index in [9.17, 15) is 22.7 Å². The molecule has 8 heteroatoms. The quantitative estimate of drug-likeness (QED) is 0.598. The van der Waals surface area contributed by atoms with Crippen LogP contribution in [0.4, 0.5) is 17.6 Å². The molecule has 0 saturated heterocycles. The molecule has 4 nitrogen and oxygen atoms in total. The molecule has 0 amide bonds. The number of aromatic nitrogens is 1. The fourth-order valence-electron chi connectivity index (χ4n) is 3.46. The van der Waals surface area contributed by atoms with Crippen LogP contribution in [-0.2, 0) is 12.7 Å². The predicted octanol–water partition coefficient (Wildman–Crippen LogP) is 4.80. The van der Waals surface area contributed by atoms with E-state index >= 15 is 0 Å². The second kappa shape index (κ2) is 7.51. The summed E-state index contributed by atoms with van der Waals surface area (Å²) in [7, 11) is 0. The molecule has 29 heavy (non-hydrogen) atoms. The molecule has 0 aliphatic heterocycles. The van der Waals surface area contributed by atoms with Crippen molar-refractivity contribution in [2.45, 2.75) is 37.7 Å². The van der Waals surface area contributed by atoms with Gasteiger partial charge in [0.05, 0.1) is 5.56 Å². The van der Waals surface area contributed by atoms with Crippen molar-refractivity contribution in [1.29, 1.82) is 0 Å². The fourth-order valence-corrected chi connectivity index (χ4v) is 3.46. The lowest BCUT2D eigenvalue weighted by Crippen LogP contribution is -2.46. The summed E-state index contributed by atoms with van der Waals surface area (Å²) in [6, 6.07) is 8.15. The van der Waals surface area contributed by atoms with Crippen LogP contribution < -0.4 is 10.1 Å². The Balaban J connectivity index is 1.33. The number of hydrogen-bond acceptors (Lipinski definition) is 4. The van der Waals surface area contributed by atoms with Crippen molar-refractivity contribution in [3.8, 4) is 11.5 Å². The molecule has 152 valence electrons. The van der Waals surface area contributed by atoms with E-state index in [1.807, 2.05) is 12.1 Å². The highest BCUT2D eigenvalue weighted by Gasteiger charge is 2.35. The van der Waals surface area contributed by atoms with Gasteiger partial charge < -0.3 is 15.2 Å². The number of pyridine rings is 1. The maximum atomic E-state index is 13.4. The molecule has 1 heterocycles. The number of phenols is 1. The number of ether oxygens (including phenoxy) is 1. The van der Waals surface area contributed by atoms with Gasteiger partial charge in [-0.25, -0.2) is 4.39 Å². The van der Waals surface area contributed by atoms with E-state index in [4.69, 9.17) is 4.74 Å². The molecule has 0 unspecified atom stereocenters. The van der Waals surface area contributed by atoms with Crippen LogP contribution in [-0.4, -0.2) is 22.2 Å². The van der Waals surface area contributed by atoms with Gasteiger partial charge in [-0.15, -0.1) is 0 Å². The third-order valence-electron chi connectivity index (χ3n) is 5.11. The minimum absolute atomic E-state index is 0.0132. The van der Waals surface area contributed by atoms with Crippen LogP contribution >= 0.6 is 0 Å². The summed E-state index contributed by atoms with van der Waals surface area (Å²) in [6.07, 6.45) is -0.433. The first-order chi connectivity index (χ1) is 13.8. The van der Waals surface area contributed by atoms with E-state index in [0.29, 0.717) is 30.8 Å². The number of phenolic OH excluding ortho intramolecular Hbond substituents is 1. The van der Waals surface area contributed by atoms with Crippen molar-refractivity contribution >= 4 is 10.8 Å². The molecular formula is C21H18F4N2O2. The molecule has 1 aliphatic carbocycles. The number of rotatable bonds is 5. The topological polar surface area (TPSA) is 54.4 Å². The van der Waals surface area contributed by atoms with Gasteiger partial charge in [-0.1, -0.05) is 6.07 Å². The molecule has 1 fully saturated rings. The molecule has 4 rings (SSSR count). The van der Waals surface area contributed by atoms with Crippen LogP contribution in [0.2, 0.25) is 0 Å². The number of benzene rings is 2. The summed E-state index contributed by atoms with van der Waals surface area (Å²) in [6.45, 7) is 0.576. The van der Waals surface area contributed by atoms with Crippen molar-refractivity contribution < 1.29 is 27.4 Å². The van der Waals surface area contributed by atoms with Crippen LogP contribution in [0.5, 0.6) is 11.5 Å². The second-order valence-corrected chi connectivity index (χ2v) is 7.09. The summed E-state index contributed by atoms with van der Waals surface area (Å²) >= 11 is 0. The van der Waals surface area contributed by atoms with E-state index < -0.39 is 17.6 Å². The van der Waals surface area contributed by atoms with E-state index in [-0.39, 0.29) is 23.6 Å². The molecule has 0 radical (unpaired) electrons. The third kappa shape index (κ3) is 4.12. The highest BCUT2D eigenvalue weighted by molar-refractivity contribution is 5.89. The van der Waals surface area contributed by atoms with Gasteiger partial charge in [0.2, 0.25) is 0 Å². The Morgan fingerprint density at radius 2 is 1.90 bits per heavy atom. The van der Waals surface area contributed by atoms with E-state index in [1.54, 1.807) is 18.5 Å². The zero-order valence-electron chi connectivity index (χ0n) is 15.2. The number of nitrogens with zero attached hydrogens (tertiary/aromatic N) is 1. The van der Waals surface area contributed by atoms with Gasteiger partial charge in [0.15, 0.2) is 0 Å². The molecule has 0 bridgehead atoms. The summed E-state index contributed by atoms with van der Waals surface area (Å²) in [4.78, 5) is 4.02. The molecule has 1 saturated carbocycles. The minimum atomic E-state index is -4.75. The van der Waals surface area contributed by atoms with Gasteiger partial charge in [0, 0.05) is 30.4 Å². The molecule has 2 aromatic carbocycles. The minimum Gasteiger partial charge on any atom is -0.507 e. The maximum absolute atomic E-state index is 13.4. The van der Waals surface area contributed by atoms with Gasteiger partial charge >= 0.3 is 6.18 Å². The zero-order valence-corrected chi connectivity index (χ0v) is 15.2. The summed E-state index contributed by atoms with van der Waals surface area (Å²) in [5.41, 5.74) is -0.310. The monoisotopic (exact) mass is 406 g/mol. The van der Waals surface area contributed by atoms with Crippen molar-refractivity contribution in [3.05, 3.63) is 65.7 Å². The summed E-state index contributed by atoms with van der Waals surface area (Å²) < 4.78 is 57.3. The Bertz CT molecular complexity index is 1030. The van der Waals surface area contributed by atoms with E-state index in [0.717, 1.165) is 17.0 Å². The SMILES string of the molecule is Oc1ccc(CN[C@H]2C[C@H](Oc3ccc(F)c(C(F)(F)F)c3)C2)c2ccncc12. The third-order valence-corrected chi connectivity index (χ3v) is 5.11. The number of alkyl halides is 3. The van der Waals surface area contributed by atoms with Crippen molar-refractivity contribution in [3.63, 3.8) is 0 Å². The number of hydrogen-bond donors (Lipinski definition) is 2. The lowest BCUT2D eigenvalue weighted by molar-refractivity contribution is -0.140. The standard InChI is InChI=1S/C21H18F4N2O2/c22-19-3-2-14(9-18(19)21(23,24)25)29-15-7-13(8-15)27-10-12-1-4-20(28)17-11-26-6-5-16(12)17/h1-6,9,11,13,15,27-28H,7-8,10H2/t13-,15-. The van der Waals surface area contributed by atoms with Crippen LogP contribution in [0.3, 0.4) is 0 Å². The van der Waals surface area contributed by atoms with E-state index in [2.05, 4.69) is 10.3 Å². The lowest BCUT2D eigenvalue weighted by atomic mass is 9.89. The molecule has 1 aliphatic rings. The molecule has 3 aromatic rings. The Morgan fingerprint density at radius 1 is 1.10 bits per heavy atom. The summed E-state index contributed by atoms with van der Waals surface area (Å²) in [5, 5.41) is 14.9. The highest BCUT2D eigenvalue weighted by Crippen LogP contribution is 2.35. The Hall–Kier alpha value is -2.87. The van der Waals surface area contributed by atoms with Crippen molar-refractivity contribution in [2.75, 3.05) is 0 Å². The Kier molecular flexibility index (Phi) is 5.04. The number of fused-ring (bicyclic) bond motifs is 1. The molecule has 0 spiro atoms. The molecule has 0 atom stereocenters. The number of nitrogens with one attached hydrogen (secondary N) is 1. The maximum Gasteiger partial charge on any atom is 0.419 e.